The Bertz CT molecular complexity index is 222. The van der Waals surface area contributed by atoms with Crippen molar-refractivity contribution in [2.45, 2.75) is 77.6 Å². The van der Waals surface area contributed by atoms with Crippen molar-refractivity contribution in [1.29, 1.82) is 0 Å². The smallest absolute Gasteiger partial charge is 0.0292 e. The fourth-order valence-corrected chi connectivity index (χ4v) is 4.59. The van der Waals surface area contributed by atoms with Gasteiger partial charge in [-0.05, 0) is 68.1 Å². The number of hydrogen-bond acceptors (Lipinski definition) is 0. The van der Waals surface area contributed by atoms with Gasteiger partial charge >= 0.3 is 0 Å². The van der Waals surface area contributed by atoms with Crippen LogP contribution < -0.4 is 0 Å². The van der Waals surface area contributed by atoms with E-state index in [0.717, 1.165) is 23.2 Å². The molecule has 0 N–H and O–H groups in total. The first-order chi connectivity index (χ1) is 7.80. The molecule has 1 spiro atoms. The Hall–Kier alpha value is 0. The molecule has 0 unspecified atom stereocenters. The van der Waals surface area contributed by atoms with Crippen LogP contribution in [0.5, 0.6) is 0 Å². The zero-order valence-corrected chi connectivity index (χ0v) is 11.0. The minimum Gasteiger partial charge on any atom is -0.0651 e. The van der Waals surface area contributed by atoms with Crippen LogP contribution in [0.1, 0.15) is 77.6 Å². The van der Waals surface area contributed by atoms with E-state index in [9.17, 15) is 0 Å². The Morgan fingerprint density at radius 3 is 2.00 bits per heavy atom. The minimum absolute atomic E-state index is 0.858. The summed E-state index contributed by atoms with van der Waals surface area (Å²) < 4.78 is 0. The Kier molecular flexibility index (Phi) is 3.02. The third-order valence-corrected chi connectivity index (χ3v) is 6.08. The maximum atomic E-state index is 2.37. The summed E-state index contributed by atoms with van der Waals surface area (Å²) in [5.41, 5.74) is 0.858. The summed E-state index contributed by atoms with van der Waals surface area (Å²) in [5.74, 6) is 3.36. The maximum absolute atomic E-state index is 2.37. The average Bonchev–Trinajstić information content (AvgIpc) is 2.21. The van der Waals surface area contributed by atoms with Crippen LogP contribution in [0.3, 0.4) is 0 Å². The van der Waals surface area contributed by atoms with Gasteiger partial charge in [-0.1, -0.05) is 32.6 Å². The molecule has 92 valence electrons. The second-order valence-corrected chi connectivity index (χ2v) is 7.16. The highest BCUT2D eigenvalue weighted by Gasteiger charge is 2.45. The zero-order chi connectivity index (χ0) is 11.0. The van der Waals surface area contributed by atoms with Crippen LogP contribution in [0.25, 0.3) is 0 Å². The van der Waals surface area contributed by atoms with Crippen molar-refractivity contribution in [3.63, 3.8) is 0 Å². The first-order valence-corrected chi connectivity index (χ1v) is 7.80. The number of hydrogen-bond donors (Lipinski definition) is 0. The highest BCUT2D eigenvalue weighted by Crippen LogP contribution is 2.57. The van der Waals surface area contributed by atoms with Crippen molar-refractivity contribution in [3.8, 4) is 0 Å². The van der Waals surface area contributed by atoms with E-state index in [1.807, 2.05) is 0 Å². The van der Waals surface area contributed by atoms with Crippen LogP contribution >= 0.6 is 0 Å². The fraction of sp³-hybridized carbons (Fsp3) is 1.00. The Labute approximate surface area is 101 Å². The minimum atomic E-state index is 0.858. The van der Waals surface area contributed by atoms with Gasteiger partial charge in [0.1, 0.15) is 0 Å². The first kappa shape index (κ1) is 11.1. The van der Waals surface area contributed by atoms with Crippen LogP contribution in [-0.2, 0) is 0 Å². The Morgan fingerprint density at radius 1 is 0.875 bits per heavy atom. The van der Waals surface area contributed by atoms with Crippen molar-refractivity contribution in [3.05, 3.63) is 0 Å². The molecular weight excluding hydrogens is 192 g/mol. The Morgan fingerprint density at radius 2 is 1.50 bits per heavy atom. The monoisotopic (exact) mass is 220 g/mol. The van der Waals surface area contributed by atoms with Gasteiger partial charge in [0, 0.05) is 0 Å². The molecular formula is C16H28. The van der Waals surface area contributed by atoms with Crippen molar-refractivity contribution in [1.82, 2.24) is 0 Å². The van der Waals surface area contributed by atoms with Crippen molar-refractivity contribution in [2.75, 3.05) is 0 Å². The van der Waals surface area contributed by atoms with Crippen molar-refractivity contribution < 1.29 is 0 Å². The molecule has 0 aromatic rings. The quantitative estimate of drug-likeness (QED) is 0.615. The molecule has 16 heavy (non-hydrogen) atoms. The first-order valence-electron chi connectivity index (χ1n) is 7.80. The molecule has 0 aromatic heterocycles. The summed E-state index contributed by atoms with van der Waals surface area (Å²) >= 11 is 0. The average molecular weight is 220 g/mol. The zero-order valence-electron chi connectivity index (χ0n) is 11.0. The molecule has 0 aliphatic heterocycles. The highest BCUT2D eigenvalue weighted by atomic mass is 14.5. The molecule has 3 aliphatic rings. The van der Waals surface area contributed by atoms with E-state index in [1.54, 1.807) is 57.8 Å². The second-order valence-electron chi connectivity index (χ2n) is 7.16. The van der Waals surface area contributed by atoms with Crippen molar-refractivity contribution >= 4 is 0 Å². The maximum Gasteiger partial charge on any atom is -0.0292 e. The normalized spacial score (nSPS) is 44.1. The summed E-state index contributed by atoms with van der Waals surface area (Å²) in [7, 11) is 0. The summed E-state index contributed by atoms with van der Waals surface area (Å²) in [6.45, 7) is 2.37. The van der Waals surface area contributed by atoms with Gasteiger partial charge in [-0.25, -0.2) is 0 Å². The lowest BCUT2D eigenvalue weighted by Gasteiger charge is -2.52. The molecule has 3 fully saturated rings. The van der Waals surface area contributed by atoms with Gasteiger partial charge in [-0.2, -0.15) is 0 Å². The highest BCUT2D eigenvalue weighted by molar-refractivity contribution is 4.96. The largest absolute Gasteiger partial charge is 0.0651 e. The van der Waals surface area contributed by atoms with Gasteiger partial charge in [-0.15, -0.1) is 0 Å². The van der Waals surface area contributed by atoms with Crippen LogP contribution in [-0.4, -0.2) is 0 Å². The molecule has 0 amide bonds. The summed E-state index contributed by atoms with van der Waals surface area (Å²) in [6, 6.07) is 0. The molecule has 0 heterocycles. The Balaban J connectivity index is 1.42. The van der Waals surface area contributed by atoms with Gasteiger partial charge in [0.25, 0.3) is 0 Å². The molecule has 0 nitrogen and oxygen atoms in total. The molecule has 3 aliphatic carbocycles. The van der Waals surface area contributed by atoms with E-state index in [4.69, 9.17) is 0 Å². The van der Waals surface area contributed by atoms with Crippen LogP contribution in [0, 0.1) is 23.2 Å². The molecule has 0 aromatic carbocycles. The lowest BCUT2D eigenvalue weighted by atomic mass is 9.53. The van der Waals surface area contributed by atoms with Crippen LogP contribution in [0.4, 0.5) is 0 Å². The molecule has 0 radical (unpaired) electrons. The van der Waals surface area contributed by atoms with Gasteiger partial charge in [0.2, 0.25) is 0 Å². The lowest BCUT2D eigenvalue weighted by molar-refractivity contribution is -0.00623. The standard InChI is InChI=1S/C16H28/c1-2-13-11-16(12-13)8-6-15(7-9-16)10-14-4-3-5-14/h13-15H,2-12H2,1H3. The molecule has 3 rings (SSSR count). The van der Waals surface area contributed by atoms with Gasteiger partial charge in [0.15, 0.2) is 0 Å². The van der Waals surface area contributed by atoms with Crippen LogP contribution in [0.15, 0.2) is 0 Å². The summed E-state index contributed by atoms with van der Waals surface area (Å²) in [6.07, 6.45) is 17.2. The van der Waals surface area contributed by atoms with Gasteiger partial charge in [0.05, 0.1) is 0 Å². The van der Waals surface area contributed by atoms with Crippen LogP contribution in [0.2, 0.25) is 0 Å². The fourth-order valence-electron chi connectivity index (χ4n) is 4.59. The summed E-state index contributed by atoms with van der Waals surface area (Å²) in [4.78, 5) is 0. The summed E-state index contributed by atoms with van der Waals surface area (Å²) in [5, 5.41) is 0. The van der Waals surface area contributed by atoms with E-state index in [0.29, 0.717) is 0 Å². The van der Waals surface area contributed by atoms with E-state index >= 15 is 0 Å². The van der Waals surface area contributed by atoms with E-state index in [-0.39, 0.29) is 0 Å². The molecule has 0 heteroatoms. The molecule has 0 saturated heterocycles. The molecule has 0 bridgehead atoms. The van der Waals surface area contributed by atoms with Gasteiger partial charge < -0.3 is 0 Å². The third-order valence-electron chi connectivity index (χ3n) is 6.08. The predicted molar refractivity (Wildman–Crippen MR) is 69.4 cm³/mol. The van der Waals surface area contributed by atoms with E-state index < -0.39 is 0 Å². The van der Waals surface area contributed by atoms with E-state index in [2.05, 4.69) is 6.92 Å². The van der Waals surface area contributed by atoms with Gasteiger partial charge in [-0.3, -0.25) is 0 Å². The molecule has 3 saturated carbocycles. The predicted octanol–water partition coefficient (Wildman–Crippen LogP) is 5.17. The van der Waals surface area contributed by atoms with E-state index in [1.165, 1.54) is 12.8 Å². The second kappa shape index (κ2) is 4.35. The third kappa shape index (κ3) is 2.05. The molecule has 0 atom stereocenters. The SMILES string of the molecule is CCC1CC2(CCC(CC3CCC3)CC2)C1. The van der Waals surface area contributed by atoms with Crippen molar-refractivity contribution in [2.24, 2.45) is 23.2 Å². The topological polar surface area (TPSA) is 0 Å². The lowest BCUT2D eigenvalue weighted by Crippen LogP contribution is -2.40. The number of rotatable bonds is 3.